The van der Waals surface area contributed by atoms with Gasteiger partial charge >= 0.3 is 6.03 Å². The average molecular weight is 798 g/mol. The van der Waals surface area contributed by atoms with Crippen molar-refractivity contribution < 1.29 is 24.3 Å². The molecular weight excluding hydrogens is 758 g/mol. The Morgan fingerprint density at radius 1 is 0.939 bits per heavy atom. The van der Waals surface area contributed by atoms with E-state index >= 15 is 0 Å². The van der Waals surface area contributed by atoms with Crippen LogP contribution < -0.4 is 15.5 Å². The van der Waals surface area contributed by atoms with Gasteiger partial charge in [-0.25, -0.2) is 4.79 Å². The molecule has 2 aromatic carbocycles. The standard InChI is InChI=1S/C35H39Br2N7O5/c36-27-19-24(20-28(37)34(27)48)33(47)30(39-31(45)22-41-15-17-42(18-16-41)25-5-10-38-11-6-25)21-32(46)43-12-8-26(9-13-43)44-14-7-23-3-1-2-4-29(23)40-35(44)49/h1-6,10-11,19-20,26,30,48H,7-9,12-18,21-22H2,(H,39,45)(H,40,49). The zero-order valence-electron chi connectivity index (χ0n) is 27.0. The maximum atomic E-state index is 13.8. The van der Waals surface area contributed by atoms with Crippen molar-refractivity contribution in [2.75, 3.05) is 62.6 Å². The van der Waals surface area contributed by atoms with E-state index in [0.29, 0.717) is 54.5 Å². The quantitative estimate of drug-likeness (QED) is 0.273. The minimum Gasteiger partial charge on any atom is -0.506 e. The van der Waals surface area contributed by atoms with Gasteiger partial charge in [0.15, 0.2) is 5.78 Å². The lowest BCUT2D eigenvalue weighted by Gasteiger charge is -2.38. The van der Waals surface area contributed by atoms with Crippen LogP contribution in [0.5, 0.6) is 5.75 Å². The number of phenols is 1. The van der Waals surface area contributed by atoms with E-state index in [-0.39, 0.29) is 48.2 Å². The van der Waals surface area contributed by atoms with Crippen molar-refractivity contribution in [3.8, 4) is 5.75 Å². The second-order valence-corrected chi connectivity index (χ2v) is 14.3. The fraction of sp³-hybridized carbons (Fsp3) is 0.400. The lowest BCUT2D eigenvalue weighted by molar-refractivity contribution is -0.133. The first kappa shape index (κ1) is 34.8. The summed E-state index contributed by atoms with van der Waals surface area (Å²) in [5.41, 5.74) is 3.26. The molecule has 2 fully saturated rings. The number of nitrogens with one attached hydrogen (secondary N) is 2. The molecule has 0 bridgehead atoms. The number of fused-ring (bicyclic) bond motifs is 1. The summed E-state index contributed by atoms with van der Waals surface area (Å²) in [7, 11) is 0. The number of Topliss-reactive ketones (excluding diaryl/α,β-unsaturated/α-hetero) is 1. The van der Waals surface area contributed by atoms with Gasteiger partial charge in [0.1, 0.15) is 11.8 Å². The van der Waals surface area contributed by atoms with Gasteiger partial charge in [-0.3, -0.25) is 24.3 Å². The molecule has 3 aliphatic rings. The van der Waals surface area contributed by atoms with Crippen molar-refractivity contribution in [1.29, 1.82) is 0 Å². The van der Waals surface area contributed by atoms with Gasteiger partial charge in [0.2, 0.25) is 11.8 Å². The van der Waals surface area contributed by atoms with Gasteiger partial charge in [0.25, 0.3) is 0 Å². The molecule has 2 saturated heterocycles. The first-order chi connectivity index (χ1) is 23.7. The molecule has 1 unspecified atom stereocenters. The highest BCUT2D eigenvalue weighted by Crippen LogP contribution is 2.34. The Kier molecular flexibility index (Phi) is 11.2. The number of carbonyl (C=O) groups is 4. The first-order valence-electron chi connectivity index (χ1n) is 16.5. The molecule has 49 heavy (non-hydrogen) atoms. The van der Waals surface area contributed by atoms with Crippen molar-refractivity contribution >= 4 is 66.9 Å². The number of halogens is 2. The van der Waals surface area contributed by atoms with Gasteiger partial charge in [0, 0.05) is 81.2 Å². The summed E-state index contributed by atoms with van der Waals surface area (Å²) >= 11 is 6.56. The monoisotopic (exact) mass is 795 g/mol. The van der Waals surface area contributed by atoms with E-state index in [1.54, 1.807) is 17.3 Å². The van der Waals surface area contributed by atoms with Gasteiger partial charge in [-0.2, -0.15) is 0 Å². The smallest absolute Gasteiger partial charge is 0.322 e. The predicted octanol–water partition coefficient (Wildman–Crippen LogP) is 4.27. The number of likely N-dealkylation sites (tertiary alicyclic amines) is 1. The lowest BCUT2D eigenvalue weighted by atomic mass is 9.98. The molecule has 6 rings (SSSR count). The molecule has 4 amide bonds. The van der Waals surface area contributed by atoms with E-state index in [4.69, 9.17) is 0 Å². The van der Waals surface area contributed by atoms with Crippen LogP contribution in [-0.2, 0) is 16.0 Å². The molecule has 0 spiro atoms. The molecule has 0 radical (unpaired) electrons. The second kappa shape index (κ2) is 15.7. The van der Waals surface area contributed by atoms with E-state index in [1.165, 1.54) is 12.1 Å². The number of urea groups is 1. The Morgan fingerprint density at radius 2 is 1.61 bits per heavy atom. The third-order valence-electron chi connectivity index (χ3n) is 9.50. The number of rotatable bonds is 9. The van der Waals surface area contributed by atoms with Crippen molar-refractivity contribution in [3.63, 3.8) is 0 Å². The van der Waals surface area contributed by atoms with Crippen LogP contribution in [0.1, 0.15) is 35.2 Å². The number of hydrogen-bond acceptors (Lipinski definition) is 8. The first-order valence-corrected chi connectivity index (χ1v) is 18.1. The number of phenolic OH excluding ortho intramolecular Hbond substituents is 1. The number of pyridine rings is 1. The molecule has 0 saturated carbocycles. The van der Waals surface area contributed by atoms with Gasteiger partial charge in [-0.15, -0.1) is 0 Å². The fourth-order valence-corrected chi connectivity index (χ4v) is 7.94. The van der Waals surface area contributed by atoms with Crippen molar-refractivity contribution in [3.05, 3.63) is 81.0 Å². The molecule has 3 aliphatic heterocycles. The zero-order valence-corrected chi connectivity index (χ0v) is 30.2. The Balaban J connectivity index is 1.08. The molecule has 1 atom stereocenters. The highest BCUT2D eigenvalue weighted by molar-refractivity contribution is 9.11. The summed E-state index contributed by atoms with van der Waals surface area (Å²) < 4.78 is 0.632. The normalized spacial score (nSPS) is 17.9. The molecule has 0 aliphatic carbocycles. The number of piperidine rings is 1. The van der Waals surface area contributed by atoms with Crippen LogP contribution in [0.15, 0.2) is 69.9 Å². The number of piperazine rings is 1. The van der Waals surface area contributed by atoms with Gasteiger partial charge in [-0.05, 0) is 87.0 Å². The lowest BCUT2D eigenvalue weighted by Crippen LogP contribution is -2.53. The summed E-state index contributed by atoms with van der Waals surface area (Å²) in [6.45, 7) is 4.40. The van der Waals surface area contributed by atoms with Gasteiger partial charge < -0.3 is 30.4 Å². The Bertz CT molecular complexity index is 1670. The molecule has 258 valence electrons. The van der Waals surface area contributed by atoms with E-state index < -0.39 is 11.8 Å². The SMILES string of the molecule is O=C(CN1CCN(c2ccncc2)CC1)NC(CC(=O)N1CCC(N2CCc3ccccc3NC2=O)CC1)C(=O)c1cc(Br)c(O)c(Br)c1. The molecule has 12 nitrogen and oxygen atoms in total. The zero-order chi connectivity index (χ0) is 34.5. The number of hydrogen-bond donors (Lipinski definition) is 3. The topological polar surface area (TPSA) is 138 Å². The summed E-state index contributed by atoms with van der Waals surface area (Å²) in [5.74, 6) is -1.06. The van der Waals surface area contributed by atoms with E-state index in [1.807, 2.05) is 46.2 Å². The highest BCUT2D eigenvalue weighted by atomic mass is 79.9. The summed E-state index contributed by atoms with van der Waals surface area (Å²) in [6.07, 6.45) is 5.29. The Labute approximate surface area is 302 Å². The largest absolute Gasteiger partial charge is 0.506 e. The summed E-state index contributed by atoms with van der Waals surface area (Å²) in [4.78, 5) is 65.9. The van der Waals surface area contributed by atoms with Gasteiger partial charge in [-0.1, -0.05) is 18.2 Å². The number of nitrogens with zero attached hydrogens (tertiary/aromatic N) is 5. The number of benzene rings is 2. The highest BCUT2D eigenvalue weighted by Gasteiger charge is 2.34. The number of carbonyl (C=O) groups excluding carboxylic acids is 4. The third kappa shape index (κ3) is 8.42. The average Bonchev–Trinajstić information content (AvgIpc) is 3.28. The molecule has 14 heteroatoms. The molecule has 1 aromatic heterocycles. The maximum Gasteiger partial charge on any atom is 0.322 e. The number of amides is 4. The number of anilines is 2. The van der Waals surface area contributed by atoms with Crippen LogP contribution >= 0.6 is 31.9 Å². The molecule has 4 heterocycles. The molecule has 3 N–H and O–H groups in total. The Morgan fingerprint density at radius 3 is 2.31 bits per heavy atom. The van der Waals surface area contributed by atoms with E-state index in [9.17, 15) is 24.3 Å². The third-order valence-corrected chi connectivity index (χ3v) is 10.7. The summed E-state index contributed by atoms with van der Waals surface area (Å²) in [5, 5.41) is 16.1. The van der Waals surface area contributed by atoms with E-state index in [0.717, 1.165) is 36.4 Å². The molecular formula is C35H39Br2N7O5. The van der Waals surface area contributed by atoms with Crippen LogP contribution in [0.25, 0.3) is 0 Å². The van der Waals surface area contributed by atoms with Crippen molar-refractivity contribution in [1.82, 2.24) is 25.0 Å². The van der Waals surface area contributed by atoms with E-state index in [2.05, 4.69) is 52.4 Å². The number of aromatic nitrogens is 1. The number of aromatic hydroxyl groups is 1. The minimum absolute atomic E-state index is 0.0128. The van der Waals surface area contributed by atoms with Crippen molar-refractivity contribution in [2.24, 2.45) is 0 Å². The number of para-hydroxylation sites is 1. The van der Waals surface area contributed by atoms with Crippen LogP contribution in [0.3, 0.4) is 0 Å². The van der Waals surface area contributed by atoms with Crippen LogP contribution in [0.4, 0.5) is 16.2 Å². The van der Waals surface area contributed by atoms with Crippen LogP contribution in [0.2, 0.25) is 0 Å². The fourth-order valence-electron chi connectivity index (χ4n) is 6.75. The van der Waals surface area contributed by atoms with Gasteiger partial charge in [0.05, 0.1) is 21.9 Å². The van der Waals surface area contributed by atoms with Crippen LogP contribution in [-0.4, -0.2) is 113 Å². The predicted molar refractivity (Wildman–Crippen MR) is 193 cm³/mol. The molecule has 3 aromatic rings. The van der Waals surface area contributed by atoms with Crippen LogP contribution in [0, 0.1) is 0 Å². The maximum absolute atomic E-state index is 13.8. The Hall–Kier alpha value is -4.01. The number of ketones is 1. The second-order valence-electron chi connectivity index (χ2n) is 12.6. The summed E-state index contributed by atoms with van der Waals surface area (Å²) in [6, 6.07) is 13.5. The van der Waals surface area contributed by atoms with Crippen molar-refractivity contribution in [2.45, 2.75) is 37.8 Å². The minimum atomic E-state index is -1.10.